The number of carbonyl (C=O) groups is 1. The van der Waals surface area contributed by atoms with Crippen molar-refractivity contribution in [2.75, 3.05) is 0 Å². The molecule has 1 amide bonds. The summed E-state index contributed by atoms with van der Waals surface area (Å²) in [6.07, 6.45) is 9.79. The fourth-order valence-corrected chi connectivity index (χ4v) is 3.83. The third-order valence-corrected chi connectivity index (χ3v) is 5.28. The number of benzene rings is 1. The van der Waals surface area contributed by atoms with E-state index in [1.165, 1.54) is 37.7 Å². The Morgan fingerprint density at radius 2 is 1.55 bits per heavy atom. The second kappa shape index (κ2) is 7.28. The van der Waals surface area contributed by atoms with Gasteiger partial charge in [-0.25, -0.2) is 0 Å². The van der Waals surface area contributed by atoms with Crippen LogP contribution in [0.25, 0.3) is 0 Å². The summed E-state index contributed by atoms with van der Waals surface area (Å²) in [7, 11) is 0. The number of aliphatic hydroxyl groups is 1. The summed E-state index contributed by atoms with van der Waals surface area (Å²) in [6, 6.07) is 8.42. The highest BCUT2D eigenvalue weighted by Crippen LogP contribution is 2.32. The van der Waals surface area contributed by atoms with Gasteiger partial charge in [0.1, 0.15) is 0 Å². The second-order valence-corrected chi connectivity index (χ2v) is 6.94. The van der Waals surface area contributed by atoms with E-state index in [1.54, 1.807) is 0 Å². The molecule has 2 aliphatic carbocycles. The van der Waals surface area contributed by atoms with Gasteiger partial charge in [-0.2, -0.15) is 0 Å². The van der Waals surface area contributed by atoms with E-state index in [0.717, 1.165) is 31.2 Å². The lowest BCUT2D eigenvalue weighted by atomic mass is 9.84. The summed E-state index contributed by atoms with van der Waals surface area (Å²) >= 11 is 0. The molecule has 2 N–H and O–H groups in total. The van der Waals surface area contributed by atoms with Crippen molar-refractivity contribution in [3.63, 3.8) is 0 Å². The van der Waals surface area contributed by atoms with E-state index < -0.39 is 0 Å². The average molecular weight is 301 g/mol. The monoisotopic (exact) mass is 301 g/mol. The molecule has 0 unspecified atom stereocenters. The minimum Gasteiger partial charge on any atom is -0.393 e. The van der Waals surface area contributed by atoms with E-state index in [-0.39, 0.29) is 18.1 Å². The molecule has 0 aromatic heterocycles. The molecule has 3 heteroatoms. The Hall–Kier alpha value is -1.35. The fraction of sp³-hybridized carbons (Fsp3) is 0.632. The van der Waals surface area contributed by atoms with Gasteiger partial charge in [-0.15, -0.1) is 0 Å². The molecule has 22 heavy (non-hydrogen) atoms. The van der Waals surface area contributed by atoms with Crippen LogP contribution in [0.4, 0.5) is 0 Å². The topological polar surface area (TPSA) is 49.3 Å². The van der Waals surface area contributed by atoms with Crippen molar-refractivity contribution in [3.8, 4) is 0 Å². The Labute approximate surface area is 133 Å². The van der Waals surface area contributed by atoms with Crippen molar-refractivity contribution in [3.05, 3.63) is 35.4 Å². The highest BCUT2D eigenvalue weighted by molar-refractivity contribution is 5.94. The minimum atomic E-state index is -0.178. The first-order valence-electron chi connectivity index (χ1n) is 8.81. The van der Waals surface area contributed by atoms with Crippen LogP contribution in [-0.4, -0.2) is 23.2 Å². The van der Waals surface area contributed by atoms with Crippen LogP contribution in [-0.2, 0) is 0 Å². The quantitative estimate of drug-likeness (QED) is 0.893. The first-order valence-corrected chi connectivity index (χ1v) is 8.81. The molecule has 3 rings (SSSR count). The van der Waals surface area contributed by atoms with Gasteiger partial charge in [0.2, 0.25) is 0 Å². The molecular formula is C19H27NO2. The highest BCUT2D eigenvalue weighted by Gasteiger charge is 2.21. The van der Waals surface area contributed by atoms with Crippen LogP contribution in [0, 0.1) is 0 Å². The lowest BCUT2D eigenvalue weighted by molar-refractivity contribution is 0.0867. The molecule has 1 aromatic carbocycles. The smallest absolute Gasteiger partial charge is 0.251 e. The van der Waals surface area contributed by atoms with E-state index in [2.05, 4.69) is 17.4 Å². The summed E-state index contributed by atoms with van der Waals surface area (Å²) in [4.78, 5) is 12.3. The van der Waals surface area contributed by atoms with Gasteiger partial charge in [-0.05, 0) is 62.1 Å². The second-order valence-electron chi connectivity index (χ2n) is 6.94. The van der Waals surface area contributed by atoms with Crippen LogP contribution in [0.2, 0.25) is 0 Å². The molecule has 120 valence electrons. The van der Waals surface area contributed by atoms with E-state index >= 15 is 0 Å². The normalized spacial score (nSPS) is 26.6. The summed E-state index contributed by atoms with van der Waals surface area (Å²) in [5, 5.41) is 12.6. The molecule has 0 saturated heterocycles. The predicted octanol–water partition coefficient (Wildman–Crippen LogP) is 3.77. The van der Waals surface area contributed by atoms with Crippen molar-refractivity contribution in [2.45, 2.75) is 75.9 Å². The van der Waals surface area contributed by atoms with E-state index in [1.807, 2.05) is 12.1 Å². The third kappa shape index (κ3) is 3.89. The Morgan fingerprint density at radius 3 is 2.18 bits per heavy atom. The molecule has 0 radical (unpaired) electrons. The lowest BCUT2D eigenvalue weighted by Gasteiger charge is -2.26. The maximum atomic E-state index is 12.3. The molecule has 0 spiro atoms. The first kappa shape index (κ1) is 15.5. The van der Waals surface area contributed by atoms with Crippen LogP contribution < -0.4 is 5.32 Å². The van der Waals surface area contributed by atoms with Crippen molar-refractivity contribution in [2.24, 2.45) is 0 Å². The zero-order valence-corrected chi connectivity index (χ0v) is 13.3. The van der Waals surface area contributed by atoms with E-state index in [4.69, 9.17) is 0 Å². The van der Waals surface area contributed by atoms with Crippen LogP contribution in [0.15, 0.2) is 24.3 Å². The average Bonchev–Trinajstić information content (AvgIpc) is 2.58. The number of aliphatic hydroxyl groups excluding tert-OH is 1. The number of rotatable bonds is 3. The largest absolute Gasteiger partial charge is 0.393 e. The molecule has 0 atom stereocenters. The van der Waals surface area contributed by atoms with Gasteiger partial charge in [0, 0.05) is 11.6 Å². The Bertz CT molecular complexity index is 483. The van der Waals surface area contributed by atoms with Crippen LogP contribution in [0.1, 0.15) is 79.6 Å². The van der Waals surface area contributed by atoms with E-state index in [0.29, 0.717) is 5.92 Å². The molecule has 2 aliphatic rings. The minimum absolute atomic E-state index is 0.0246. The first-order chi connectivity index (χ1) is 10.7. The molecule has 0 heterocycles. The predicted molar refractivity (Wildman–Crippen MR) is 88.0 cm³/mol. The van der Waals surface area contributed by atoms with Gasteiger partial charge in [0.15, 0.2) is 0 Å². The fourth-order valence-electron chi connectivity index (χ4n) is 3.83. The summed E-state index contributed by atoms with van der Waals surface area (Å²) in [6.45, 7) is 0. The standard InChI is InChI=1S/C19H27NO2/c21-18-12-10-17(11-13-18)20-19(22)16-8-6-15(7-9-16)14-4-2-1-3-5-14/h6-9,14,17-18,21H,1-5,10-13H2,(H,20,22). The van der Waals surface area contributed by atoms with Crippen molar-refractivity contribution >= 4 is 5.91 Å². The molecule has 0 bridgehead atoms. The van der Waals surface area contributed by atoms with Gasteiger partial charge < -0.3 is 10.4 Å². The molecular weight excluding hydrogens is 274 g/mol. The van der Waals surface area contributed by atoms with Gasteiger partial charge in [-0.1, -0.05) is 31.4 Å². The Balaban J connectivity index is 1.56. The highest BCUT2D eigenvalue weighted by atomic mass is 16.3. The van der Waals surface area contributed by atoms with Gasteiger partial charge in [0.05, 0.1) is 6.10 Å². The molecule has 2 fully saturated rings. The third-order valence-electron chi connectivity index (χ3n) is 5.28. The van der Waals surface area contributed by atoms with Gasteiger partial charge in [0.25, 0.3) is 5.91 Å². The zero-order valence-electron chi connectivity index (χ0n) is 13.3. The lowest BCUT2D eigenvalue weighted by Crippen LogP contribution is -2.38. The number of hydrogen-bond acceptors (Lipinski definition) is 2. The van der Waals surface area contributed by atoms with E-state index in [9.17, 15) is 9.90 Å². The van der Waals surface area contributed by atoms with Crippen molar-refractivity contribution in [1.29, 1.82) is 0 Å². The Morgan fingerprint density at radius 1 is 0.909 bits per heavy atom. The number of amides is 1. The number of hydrogen-bond donors (Lipinski definition) is 2. The van der Waals surface area contributed by atoms with Crippen molar-refractivity contribution < 1.29 is 9.90 Å². The molecule has 3 nitrogen and oxygen atoms in total. The van der Waals surface area contributed by atoms with Gasteiger partial charge >= 0.3 is 0 Å². The SMILES string of the molecule is O=C(NC1CCC(O)CC1)c1ccc(C2CCCCC2)cc1. The zero-order chi connectivity index (χ0) is 15.4. The molecule has 1 aromatic rings. The summed E-state index contributed by atoms with van der Waals surface area (Å²) < 4.78 is 0. The molecule has 0 aliphatic heterocycles. The maximum Gasteiger partial charge on any atom is 0.251 e. The van der Waals surface area contributed by atoms with Crippen LogP contribution in [0.3, 0.4) is 0 Å². The van der Waals surface area contributed by atoms with Crippen LogP contribution in [0.5, 0.6) is 0 Å². The number of nitrogens with one attached hydrogen (secondary N) is 1. The van der Waals surface area contributed by atoms with Crippen LogP contribution >= 0.6 is 0 Å². The summed E-state index contributed by atoms with van der Waals surface area (Å²) in [5.41, 5.74) is 2.14. The van der Waals surface area contributed by atoms with Gasteiger partial charge in [-0.3, -0.25) is 4.79 Å². The summed E-state index contributed by atoms with van der Waals surface area (Å²) in [5.74, 6) is 0.710. The number of carbonyl (C=O) groups excluding carboxylic acids is 1. The maximum absolute atomic E-state index is 12.3. The molecule has 2 saturated carbocycles. The van der Waals surface area contributed by atoms with Crippen molar-refractivity contribution in [1.82, 2.24) is 5.32 Å². The Kier molecular flexibility index (Phi) is 5.14.